The van der Waals surface area contributed by atoms with Crippen molar-refractivity contribution in [3.05, 3.63) is 0 Å². The summed E-state index contributed by atoms with van der Waals surface area (Å²) in [6.45, 7) is 7.83. The molecule has 0 rings (SSSR count). The first-order valence-electron chi connectivity index (χ1n) is 5.40. The van der Waals surface area contributed by atoms with Gasteiger partial charge in [-0.1, -0.05) is 20.8 Å². The van der Waals surface area contributed by atoms with Crippen LogP contribution < -0.4 is 0 Å². The number of rotatable bonds is 7. The van der Waals surface area contributed by atoms with Crippen LogP contribution >= 0.6 is 11.8 Å². The molecule has 15 heavy (non-hydrogen) atoms. The fourth-order valence-corrected chi connectivity index (χ4v) is 2.08. The summed E-state index contributed by atoms with van der Waals surface area (Å²) in [5.41, 5.74) is -0.371. The van der Waals surface area contributed by atoms with Crippen LogP contribution in [-0.2, 0) is 4.74 Å². The summed E-state index contributed by atoms with van der Waals surface area (Å²) in [5.74, 6) is 0.928. The van der Waals surface area contributed by atoms with Gasteiger partial charge in [-0.25, -0.2) is 0 Å². The van der Waals surface area contributed by atoms with E-state index in [4.69, 9.17) is 9.84 Å². The highest BCUT2D eigenvalue weighted by Gasteiger charge is 2.21. The van der Waals surface area contributed by atoms with Gasteiger partial charge in [0.25, 0.3) is 0 Å². The average Bonchev–Trinajstić information content (AvgIpc) is 2.11. The zero-order valence-corrected chi connectivity index (χ0v) is 11.0. The third-order valence-electron chi connectivity index (χ3n) is 2.13. The minimum Gasteiger partial charge on any atom is -0.382 e. The summed E-state index contributed by atoms with van der Waals surface area (Å²) in [6.07, 6.45) is 2.02. The lowest BCUT2D eigenvalue weighted by atomic mass is 9.98. The molecule has 0 aromatic heterocycles. The van der Waals surface area contributed by atoms with Gasteiger partial charge in [0.1, 0.15) is 12.2 Å². The average molecular weight is 236 g/mol. The second kappa shape index (κ2) is 7.49. The third kappa shape index (κ3) is 8.08. The van der Waals surface area contributed by atoms with Crippen molar-refractivity contribution in [1.82, 2.24) is 0 Å². The molecule has 0 spiro atoms. The van der Waals surface area contributed by atoms with E-state index in [0.717, 1.165) is 18.6 Å². The molecule has 0 radical (unpaired) electrons. The molecule has 0 saturated carbocycles. The SMILES string of the molecule is CC(CCCS[C@@H](O)C(C)(C)C)OCO. The number of aliphatic hydroxyl groups excluding tert-OH is 2. The van der Waals surface area contributed by atoms with E-state index in [9.17, 15) is 5.11 Å². The molecule has 0 fully saturated rings. The van der Waals surface area contributed by atoms with E-state index in [1.54, 1.807) is 11.8 Å². The molecule has 4 heteroatoms. The smallest absolute Gasteiger partial charge is 0.143 e. The van der Waals surface area contributed by atoms with Crippen LogP contribution in [0, 0.1) is 5.41 Å². The van der Waals surface area contributed by atoms with Gasteiger partial charge < -0.3 is 14.9 Å². The lowest BCUT2D eigenvalue weighted by Crippen LogP contribution is -2.22. The third-order valence-corrected chi connectivity index (χ3v) is 3.68. The second-order valence-corrected chi connectivity index (χ2v) is 6.03. The van der Waals surface area contributed by atoms with E-state index >= 15 is 0 Å². The number of aliphatic hydroxyl groups is 2. The molecule has 0 aromatic carbocycles. The lowest BCUT2D eigenvalue weighted by Gasteiger charge is -2.25. The van der Waals surface area contributed by atoms with Gasteiger partial charge >= 0.3 is 0 Å². The van der Waals surface area contributed by atoms with Crippen molar-refractivity contribution < 1.29 is 14.9 Å². The maximum Gasteiger partial charge on any atom is 0.143 e. The van der Waals surface area contributed by atoms with E-state index in [1.165, 1.54) is 0 Å². The standard InChI is InChI=1S/C11H24O3S/c1-9(14-8-12)6-5-7-15-10(13)11(2,3)4/h9-10,12-13H,5-8H2,1-4H3/t9?,10-/m1/s1. The molecule has 2 N–H and O–H groups in total. The van der Waals surface area contributed by atoms with Crippen molar-refractivity contribution in [3.63, 3.8) is 0 Å². The molecule has 0 aliphatic heterocycles. The largest absolute Gasteiger partial charge is 0.382 e. The van der Waals surface area contributed by atoms with E-state index in [1.807, 2.05) is 27.7 Å². The predicted octanol–water partition coefficient (Wildman–Crippen LogP) is 2.22. The van der Waals surface area contributed by atoms with Crippen LogP contribution in [0.1, 0.15) is 40.5 Å². The molecular formula is C11H24O3S. The van der Waals surface area contributed by atoms with Gasteiger partial charge in [-0.2, -0.15) is 0 Å². The molecule has 0 aliphatic carbocycles. The van der Waals surface area contributed by atoms with Gasteiger partial charge in [0.05, 0.1) is 6.10 Å². The maximum atomic E-state index is 9.75. The van der Waals surface area contributed by atoms with Crippen molar-refractivity contribution in [2.75, 3.05) is 12.5 Å². The Balaban J connectivity index is 3.46. The van der Waals surface area contributed by atoms with Crippen molar-refractivity contribution in [2.45, 2.75) is 52.1 Å². The van der Waals surface area contributed by atoms with E-state index in [-0.39, 0.29) is 23.7 Å². The Bertz CT molecular complexity index is 156. The van der Waals surface area contributed by atoms with Crippen LogP contribution in [0.25, 0.3) is 0 Å². The van der Waals surface area contributed by atoms with Crippen LogP contribution in [-0.4, -0.2) is 34.3 Å². The Morgan fingerprint density at radius 1 is 1.33 bits per heavy atom. The first kappa shape index (κ1) is 15.2. The van der Waals surface area contributed by atoms with Crippen molar-refractivity contribution in [1.29, 1.82) is 0 Å². The number of hydrogen-bond acceptors (Lipinski definition) is 4. The molecule has 0 bridgehead atoms. The highest BCUT2D eigenvalue weighted by atomic mass is 32.2. The quantitative estimate of drug-likeness (QED) is 0.525. The fourth-order valence-electron chi connectivity index (χ4n) is 1.03. The predicted molar refractivity (Wildman–Crippen MR) is 64.8 cm³/mol. The molecule has 92 valence electrons. The van der Waals surface area contributed by atoms with Crippen molar-refractivity contribution >= 4 is 11.8 Å². The molecule has 0 aliphatic rings. The minimum atomic E-state index is -0.313. The maximum absolute atomic E-state index is 9.75. The summed E-state index contributed by atoms with van der Waals surface area (Å²) in [5, 5.41) is 18.3. The highest BCUT2D eigenvalue weighted by molar-refractivity contribution is 7.99. The summed E-state index contributed by atoms with van der Waals surface area (Å²) in [7, 11) is 0. The van der Waals surface area contributed by atoms with E-state index in [0.29, 0.717) is 0 Å². The van der Waals surface area contributed by atoms with Crippen LogP contribution in [0.2, 0.25) is 0 Å². The van der Waals surface area contributed by atoms with Gasteiger partial charge in [0.15, 0.2) is 0 Å². The van der Waals surface area contributed by atoms with E-state index in [2.05, 4.69) is 0 Å². The van der Waals surface area contributed by atoms with Crippen molar-refractivity contribution in [3.8, 4) is 0 Å². The van der Waals surface area contributed by atoms with Gasteiger partial charge in [-0.05, 0) is 30.9 Å². The Kier molecular flexibility index (Phi) is 7.61. The Labute approximate surface area is 97.2 Å². The molecule has 0 aromatic rings. The number of thioether (sulfide) groups is 1. The molecule has 0 amide bonds. The van der Waals surface area contributed by atoms with Crippen molar-refractivity contribution in [2.24, 2.45) is 5.41 Å². The first-order chi connectivity index (χ1) is 6.88. The zero-order valence-electron chi connectivity index (χ0n) is 10.2. The second-order valence-electron chi connectivity index (χ2n) is 4.84. The minimum absolute atomic E-state index is 0.0577. The molecule has 3 nitrogen and oxygen atoms in total. The van der Waals surface area contributed by atoms with Gasteiger partial charge in [0, 0.05) is 0 Å². The summed E-state index contributed by atoms with van der Waals surface area (Å²) in [4.78, 5) is 0. The molecule has 0 saturated heterocycles. The van der Waals surface area contributed by atoms with Gasteiger partial charge in [0.2, 0.25) is 0 Å². The Morgan fingerprint density at radius 2 is 1.93 bits per heavy atom. The van der Waals surface area contributed by atoms with Crippen LogP contribution in [0.5, 0.6) is 0 Å². The van der Waals surface area contributed by atoms with Crippen LogP contribution in [0.15, 0.2) is 0 Å². The number of ether oxygens (including phenoxy) is 1. The Hall–Kier alpha value is 0.230. The normalized spacial score (nSPS) is 16.4. The van der Waals surface area contributed by atoms with Gasteiger partial charge in [-0.15, -0.1) is 11.8 Å². The van der Waals surface area contributed by atoms with Crippen LogP contribution in [0.3, 0.4) is 0 Å². The fraction of sp³-hybridized carbons (Fsp3) is 1.00. The number of hydrogen-bond donors (Lipinski definition) is 2. The molecule has 0 heterocycles. The van der Waals surface area contributed by atoms with Crippen LogP contribution in [0.4, 0.5) is 0 Å². The topological polar surface area (TPSA) is 49.7 Å². The summed E-state index contributed by atoms with van der Waals surface area (Å²) >= 11 is 1.58. The Morgan fingerprint density at radius 3 is 2.40 bits per heavy atom. The monoisotopic (exact) mass is 236 g/mol. The highest BCUT2D eigenvalue weighted by Crippen LogP contribution is 2.28. The molecular weight excluding hydrogens is 212 g/mol. The zero-order chi connectivity index (χ0) is 11.9. The first-order valence-corrected chi connectivity index (χ1v) is 6.45. The molecule has 2 atom stereocenters. The van der Waals surface area contributed by atoms with E-state index < -0.39 is 0 Å². The lowest BCUT2D eigenvalue weighted by molar-refractivity contribution is -0.0450. The molecule has 1 unspecified atom stereocenters. The van der Waals surface area contributed by atoms with Gasteiger partial charge in [-0.3, -0.25) is 0 Å². The summed E-state index contributed by atoms with van der Waals surface area (Å²) in [6, 6.07) is 0. The summed E-state index contributed by atoms with van der Waals surface area (Å²) < 4.78 is 5.00.